The summed E-state index contributed by atoms with van der Waals surface area (Å²) >= 11 is 0. The maximum Gasteiger partial charge on any atom is 0.200 e. The molecule has 0 heterocycles. The number of halogens is 3. The van der Waals surface area contributed by atoms with E-state index in [1.54, 1.807) is 0 Å². The molecule has 100 valence electrons. The van der Waals surface area contributed by atoms with Crippen LogP contribution in [0.1, 0.15) is 11.1 Å². The minimum Gasteiger partial charge on any atom is -0.486 e. The Morgan fingerprint density at radius 2 is 1.79 bits per heavy atom. The average Bonchev–Trinajstić information content (AvgIpc) is 2.41. The first-order valence-electron chi connectivity index (χ1n) is 5.66. The fourth-order valence-electron chi connectivity index (χ4n) is 1.68. The topological polar surface area (TPSA) is 35.2 Å². The first-order chi connectivity index (χ1) is 9.11. The zero-order valence-corrected chi connectivity index (χ0v) is 10.00. The SMILES string of the molecule is NCc1cc(F)ccc1COc1cccc(F)c1F. The Labute approximate surface area is 108 Å². The van der Waals surface area contributed by atoms with Gasteiger partial charge in [-0.3, -0.25) is 0 Å². The van der Waals surface area contributed by atoms with Crippen molar-refractivity contribution in [2.24, 2.45) is 5.73 Å². The monoisotopic (exact) mass is 267 g/mol. The van der Waals surface area contributed by atoms with E-state index in [0.29, 0.717) is 11.1 Å². The van der Waals surface area contributed by atoms with E-state index < -0.39 is 17.5 Å². The molecule has 0 spiro atoms. The van der Waals surface area contributed by atoms with Crippen LogP contribution in [0.3, 0.4) is 0 Å². The standard InChI is InChI=1S/C14H12F3NO/c15-11-5-4-9(10(6-11)7-18)8-19-13-3-1-2-12(16)14(13)17/h1-6H,7-8,18H2. The summed E-state index contributed by atoms with van der Waals surface area (Å²) in [5.74, 6) is -2.61. The highest BCUT2D eigenvalue weighted by Gasteiger charge is 2.10. The molecule has 0 saturated heterocycles. The van der Waals surface area contributed by atoms with E-state index in [0.717, 1.165) is 6.07 Å². The van der Waals surface area contributed by atoms with E-state index in [-0.39, 0.29) is 18.9 Å². The Bertz CT molecular complexity index is 587. The van der Waals surface area contributed by atoms with Crippen LogP contribution in [0.25, 0.3) is 0 Å². The molecule has 0 amide bonds. The second-order valence-electron chi connectivity index (χ2n) is 3.96. The Morgan fingerprint density at radius 3 is 2.53 bits per heavy atom. The highest BCUT2D eigenvalue weighted by atomic mass is 19.2. The van der Waals surface area contributed by atoms with E-state index in [2.05, 4.69) is 0 Å². The van der Waals surface area contributed by atoms with Gasteiger partial charge in [0.05, 0.1) is 0 Å². The molecule has 5 heteroatoms. The van der Waals surface area contributed by atoms with Gasteiger partial charge < -0.3 is 10.5 Å². The van der Waals surface area contributed by atoms with Crippen LogP contribution in [0.15, 0.2) is 36.4 Å². The van der Waals surface area contributed by atoms with Gasteiger partial charge in [0.25, 0.3) is 0 Å². The fourth-order valence-corrected chi connectivity index (χ4v) is 1.68. The fraction of sp³-hybridized carbons (Fsp3) is 0.143. The van der Waals surface area contributed by atoms with E-state index >= 15 is 0 Å². The summed E-state index contributed by atoms with van der Waals surface area (Å²) in [6.45, 7) is 0.134. The second-order valence-corrected chi connectivity index (χ2v) is 3.96. The second kappa shape index (κ2) is 5.75. The van der Waals surface area contributed by atoms with Gasteiger partial charge in [0, 0.05) is 6.54 Å². The molecule has 19 heavy (non-hydrogen) atoms. The minimum absolute atomic E-state index is 0.00676. The van der Waals surface area contributed by atoms with Gasteiger partial charge in [-0.15, -0.1) is 0 Å². The van der Waals surface area contributed by atoms with Crippen molar-refractivity contribution >= 4 is 0 Å². The molecule has 0 aliphatic heterocycles. The molecule has 0 radical (unpaired) electrons. The lowest BCUT2D eigenvalue weighted by Crippen LogP contribution is -2.06. The number of nitrogens with two attached hydrogens (primary N) is 1. The number of benzene rings is 2. The summed E-state index contributed by atoms with van der Waals surface area (Å²) in [5, 5.41) is 0. The Balaban J connectivity index is 2.17. The molecule has 0 saturated carbocycles. The van der Waals surface area contributed by atoms with Crippen molar-refractivity contribution in [3.63, 3.8) is 0 Å². The quantitative estimate of drug-likeness (QED) is 0.923. The lowest BCUT2D eigenvalue weighted by Gasteiger charge is -2.11. The van der Waals surface area contributed by atoms with Gasteiger partial charge in [0.1, 0.15) is 12.4 Å². The first-order valence-corrected chi connectivity index (χ1v) is 5.66. The van der Waals surface area contributed by atoms with Crippen molar-refractivity contribution in [1.82, 2.24) is 0 Å². The van der Waals surface area contributed by atoms with Crippen LogP contribution in [-0.4, -0.2) is 0 Å². The van der Waals surface area contributed by atoms with Gasteiger partial charge in [-0.2, -0.15) is 4.39 Å². The van der Waals surface area contributed by atoms with E-state index in [1.807, 2.05) is 0 Å². The number of ether oxygens (including phenoxy) is 1. The van der Waals surface area contributed by atoms with Crippen LogP contribution in [0.5, 0.6) is 5.75 Å². The Hall–Kier alpha value is -2.01. The van der Waals surface area contributed by atoms with Crippen molar-refractivity contribution in [2.75, 3.05) is 0 Å². The van der Waals surface area contributed by atoms with Crippen molar-refractivity contribution in [3.8, 4) is 5.75 Å². The van der Waals surface area contributed by atoms with E-state index in [9.17, 15) is 13.2 Å². The van der Waals surface area contributed by atoms with Gasteiger partial charge >= 0.3 is 0 Å². The third-order valence-corrected chi connectivity index (χ3v) is 2.69. The van der Waals surface area contributed by atoms with Crippen LogP contribution < -0.4 is 10.5 Å². The lowest BCUT2D eigenvalue weighted by molar-refractivity contribution is 0.283. The smallest absolute Gasteiger partial charge is 0.200 e. The van der Waals surface area contributed by atoms with Crippen molar-refractivity contribution in [3.05, 3.63) is 65.0 Å². The average molecular weight is 267 g/mol. The molecule has 0 unspecified atom stereocenters. The predicted octanol–water partition coefficient (Wildman–Crippen LogP) is 3.14. The highest BCUT2D eigenvalue weighted by Crippen LogP contribution is 2.21. The molecule has 2 aromatic carbocycles. The molecule has 0 aromatic heterocycles. The summed E-state index contributed by atoms with van der Waals surface area (Å²) in [6, 6.07) is 7.74. The van der Waals surface area contributed by atoms with E-state index in [1.165, 1.54) is 30.3 Å². The molecule has 0 fully saturated rings. The Kier molecular flexibility index (Phi) is 4.06. The summed E-state index contributed by atoms with van der Waals surface area (Å²) in [5.41, 5.74) is 6.68. The molecule has 2 aromatic rings. The first kappa shape index (κ1) is 13.4. The van der Waals surface area contributed by atoms with Crippen LogP contribution >= 0.6 is 0 Å². The summed E-state index contributed by atoms with van der Waals surface area (Å²) in [7, 11) is 0. The van der Waals surface area contributed by atoms with Gasteiger partial charge in [0.2, 0.25) is 5.82 Å². The van der Waals surface area contributed by atoms with Crippen molar-refractivity contribution in [1.29, 1.82) is 0 Å². The molecule has 2 N–H and O–H groups in total. The molecule has 2 rings (SSSR count). The zero-order chi connectivity index (χ0) is 13.8. The van der Waals surface area contributed by atoms with Crippen LogP contribution in [0.4, 0.5) is 13.2 Å². The number of hydrogen-bond donors (Lipinski definition) is 1. The lowest BCUT2D eigenvalue weighted by atomic mass is 10.1. The molecule has 0 bridgehead atoms. The molecule has 0 atom stereocenters. The predicted molar refractivity (Wildman–Crippen MR) is 65.0 cm³/mol. The van der Waals surface area contributed by atoms with Gasteiger partial charge in [-0.1, -0.05) is 12.1 Å². The van der Waals surface area contributed by atoms with Crippen molar-refractivity contribution < 1.29 is 17.9 Å². The summed E-state index contributed by atoms with van der Waals surface area (Å²) < 4.78 is 44.5. The van der Waals surface area contributed by atoms with Crippen LogP contribution in [0.2, 0.25) is 0 Å². The zero-order valence-electron chi connectivity index (χ0n) is 10.00. The summed E-state index contributed by atoms with van der Waals surface area (Å²) in [6.07, 6.45) is 0. The van der Waals surface area contributed by atoms with E-state index in [4.69, 9.17) is 10.5 Å². The molecule has 0 aliphatic carbocycles. The maximum absolute atomic E-state index is 13.4. The molecular weight excluding hydrogens is 255 g/mol. The highest BCUT2D eigenvalue weighted by molar-refractivity contribution is 5.29. The largest absolute Gasteiger partial charge is 0.486 e. The van der Waals surface area contributed by atoms with Gasteiger partial charge in [-0.25, -0.2) is 8.78 Å². The van der Waals surface area contributed by atoms with Gasteiger partial charge in [0.15, 0.2) is 11.6 Å². The van der Waals surface area contributed by atoms with Gasteiger partial charge in [-0.05, 0) is 35.4 Å². The third-order valence-electron chi connectivity index (χ3n) is 2.69. The summed E-state index contributed by atoms with van der Waals surface area (Å²) in [4.78, 5) is 0. The number of rotatable bonds is 4. The maximum atomic E-state index is 13.4. The normalized spacial score (nSPS) is 10.5. The van der Waals surface area contributed by atoms with Crippen LogP contribution in [-0.2, 0) is 13.2 Å². The molecule has 2 nitrogen and oxygen atoms in total. The number of hydrogen-bond acceptors (Lipinski definition) is 2. The van der Waals surface area contributed by atoms with Crippen LogP contribution in [0, 0.1) is 17.5 Å². The molecule has 0 aliphatic rings. The van der Waals surface area contributed by atoms with Crippen molar-refractivity contribution in [2.45, 2.75) is 13.2 Å². The third kappa shape index (κ3) is 3.06. The Morgan fingerprint density at radius 1 is 1.00 bits per heavy atom. The molecular formula is C14H12F3NO. The minimum atomic E-state index is -1.04.